The van der Waals surface area contributed by atoms with Crippen molar-refractivity contribution in [2.75, 3.05) is 26.9 Å². The fourth-order valence-electron chi connectivity index (χ4n) is 3.18. The molecule has 0 bridgehead atoms. The average molecular weight is 445 g/mol. The van der Waals surface area contributed by atoms with Crippen molar-refractivity contribution in [2.45, 2.75) is 19.8 Å². The molecule has 1 aromatic heterocycles. The monoisotopic (exact) mass is 444 g/mol. The van der Waals surface area contributed by atoms with E-state index in [1.165, 1.54) is 0 Å². The minimum atomic E-state index is -0.421. The highest BCUT2D eigenvalue weighted by Gasteiger charge is 2.15. The maximum atomic E-state index is 12.5. The first-order chi connectivity index (χ1) is 16.2. The lowest BCUT2D eigenvalue weighted by Gasteiger charge is -2.06. The van der Waals surface area contributed by atoms with Crippen molar-refractivity contribution in [3.8, 4) is 28.8 Å². The second kappa shape index (κ2) is 12.2. The number of amides is 1. The van der Waals surface area contributed by atoms with E-state index in [0.29, 0.717) is 37.4 Å². The molecule has 0 saturated carbocycles. The molecule has 0 aliphatic carbocycles. The molecule has 0 atom stereocenters. The normalized spacial score (nSPS) is 11.1. The minimum Gasteiger partial charge on any atom is -0.494 e. The van der Waals surface area contributed by atoms with Gasteiger partial charge in [0, 0.05) is 37.6 Å². The van der Waals surface area contributed by atoms with Crippen LogP contribution in [0.25, 0.3) is 23.0 Å². The number of hydrogen-bond acceptors (Lipinski definition) is 5. The molecule has 3 rings (SSSR count). The van der Waals surface area contributed by atoms with E-state index in [-0.39, 0.29) is 5.57 Å². The Balaban J connectivity index is 1.95. The summed E-state index contributed by atoms with van der Waals surface area (Å²) in [7, 11) is 1.61. The standard InChI is InChI=1S/C26H28N4O3/c1-3-15-33-24-12-10-20(11-13-24)25-22(19-30(29-25)23-8-5-4-6-9-23)17-21(18-27)26(31)28-14-7-16-32-2/h4-6,8-13,17,19H,3,7,14-16H2,1-2H3,(H,28,31)/b21-17+. The number of rotatable bonds is 11. The molecule has 0 fully saturated rings. The molecule has 7 heteroatoms. The van der Waals surface area contributed by atoms with Gasteiger partial charge in [-0.3, -0.25) is 4.79 Å². The molecule has 170 valence electrons. The molecule has 0 unspecified atom stereocenters. The SMILES string of the molecule is CCCOc1ccc(-c2nn(-c3ccccc3)cc2/C=C(\C#N)C(=O)NCCCOC)cc1. The third kappa shape index (κ3) is 6.55. The van der Waals surface area contributed by atoms with Gasteiger partial charge in [0.1, 0.15) is 17.4 Å². The average Bonchev–Trinajstić information content (AvgIpc) is 3.28. The number of nitrogens with zero attached hydrogens (tertiary/aromatic N) is 3. The van der Waals surface area contributed by atoms with E-state index in [1.807, 2.05) is 66.9 Å². The van der Waals surface area contributed by atoms with E-state index in [2.05, 4.69) is 12.2 Å². The summed E-state index contributed by atoms with van der Waals surface area (Å²) < 4.78 is 12.4. The zero-order valence-electron chi connectivity index (χ0n) is 19.0. The van der Waals surface area contributed by atoms with E-state index in [1.54, 1.807) is 17.9 Å². The Kier molecular flexibility index (Phi) is 8.80. The highest BCUT2D eigenvalue weighted by molar-refractivity contribution is 6.02. The lowest BCUT2D eigenvalue weighted by atomic mass is 10.1. The quantitative estimate of drug-likeness (QED) is 0.269. The summed E-state index contributed by atoms with van der Waals surface area (Å²) in [4.78, 5) is 12.5. The van der Waals surface area contributed by atoms with Gasteiger partial charge in [0.25, 0.3) is 5.91 Å². The van der Waals surface area contributed by atoms with Gasteiger partial charge in [0.15, 0.2) is 0 Å². The Labute approximate surface area is 194 Å². The van der Waals surface area contributed by atoms with Crippen LogP contribution in [0.4, 0.5) is 0 Å². The third-order valence-corrected chi connectivity index (χ3v) is 4.84. The van der Waals surface area contributed by atoms with Crippen molar-refractivity contribution in [3.05, 3.63) is 71.9 Å². The maximum Gasteiger partial charge on any atom is 0.261 e. The largest absolute Gasteiger partial charge is 0.494 e. The first kappa shape index (κ1) is 23.8. The Morgan fingerprint density at radius 2 is 1.91 bits per heavy atom. The number of benzene rings is 2. The van der Waals surface area contributed by atoms with Crippen LogP contribution >= 0.6 is 0 Å². The number of nitrogens with one attached hydrogen (secondary N) is 1. The second-order valence-electron chi connectivity index (χ2n) is 7.36. The van der Waals surface area contributed by atoms with Crippen molar-refractivity contribution >= 4 is 12.0 Å². The number of hydrogen-bond donors (Lipinski definition) is 1. The number of methoxy groups -OCH3 is 1. The summed E-state index contributed by atoms with van der Waals surface area (Å²) in [6.45, 7) is 3.68. The molecule has 0 aliphatic heterocycles. The summed E-state index contributed by atoms with van der Waals surface area (Å²) in [6.07, 6.45) is 5.00. The number of aromatic nitrogens is 2. The van der Waals surface area contributed by atoms with Gasteiger partial charge in [-0.15, -0.1) is 0 Å². The fraction of sp³-hybridized carbons (Fsp3) is 0.269. The molecule has 1 amide bonds. The number of carbonyl (C=O) groups excluding carboxylic acids is 1. The molecule has 0 aliphatic rings. The van der Waals surface area contributed by atoms with Gasteiger partial charge in [0.2, 0.25) is 0 Å². The van der Waals surface area contributed by atoms with E-state index in [0.717, 1.165) is 23.4 Å². The molecule has 0 radical (unpaired) electrons. The van der Waals surface area contributed by atoms with Crippen LogP contribution in [0.15, 0.2) is 66.4 Å². The van der Waals surface area contributed by atoms with Gasteiger partial charge in [-0.1, -0.05) is 25.1 Å². The Hall–Kier alpha value is -3.89. The predicted octanol–water partition coefficient (Wildman–Crippen LogP) is 4.39. The number of nitriles is 1. The van der Waals surface area contributed by atoms with Crippen LogP contribution in [0.3, 0.4) is 0 Å². The van der Waals surface area contributed by atoms with Gasteiger partial charge < -0.3 is 14.8 Å². The smallest absolute Gasteiger partial charge is 0.261 e. The van der Waals surface area contributed by atoms with Crippen molar-refractivity contribution in [1.29, 1.82) is 5.26 Å². The molecule has 33 heavy (non-hydrogen) atoms. The Morgan fingerprint density at radius 3 is 2.58 bits per heavy atom. The summed E-state index contributed by atoms with van der Waals surface area (Å²) in [5, 5.41) is 17.1. The Bertz CT molecular complexity index is 1110. The predicted molar refractivity (Wildman–Crippen MR) is 128 cm³/mol. The van der Waals surface area contributed by atoms with Crippen LogP contribution in [0.2, 0.25) is 0 Å². The van der Waals surface area contributed by atoms with Crippen LogP contribution < -0.4 is 10.1 Å². The molecule has 0 spiro atoms. The van der Waals surface area contributed by atoms with Crippen LogP contribution in [0.1, 0.15) is 25.3 Å². The molecule has 1 heterocycles. The van der Waals surface area contributed by atoms with Gasteiger partial charge in [0.05, 0.1) is 18.0 Å². The lowest BCUT2D eigenvalue weighted by Crippen LogP contribution is -2.26. The van der Waals surface area contributed by atoms with Crippen LogP contribution in [-0.4, -0.2) is 42.6 Å². The molecular weight excluding hydrogens is 416 g/mol. The summed E-state index contributed by atoms with van der Waals surface area (Å²) in [5.41, 5.74) is 3.09. The lowest BCUT2D eigenvalue weighted by molar-refractivity contribution is -0.117. The number of ether oxygens (including phenoxy) is 2. The first-order valence-electron chi connectivity index (χ1n) is 10.9. The highest BCUT2D eigenvalue weighted by atomic mass is 16.5. The summed E-state index contributed by atoms with van der Waals surface area (Å²) in [5.74, 6) is 0.365. The Morgan fingerprint density at radius 1 is 1.15 bits per heavy atom. The highest BCUT2D eigenvalue weighted by Crippen LogP contribution is 2.27. The van der Waals surface area contributed by atoms with Crippen LogP contribution in [0, 0.1) is 11.3 Å². The third-order valence-electron chi connectivity index (χ3n) is 4.84. The topological polar surface area (TPSA) is 89.2 Å². The minimum absolute atomic E-state index is 0.0178. The van der Waals surface area contributed by atoms with Crippen molar-refractivity contribution in [1.82, 2.24) is 15.1 Å². The zero-order valence-corrected chi connectivity index (χ0v) is 19.0. The van der Waals surface area contributed by atoms with Crippen LogP contribution in [0.5, 0.6) is 5.75 Å². The van der Waals surface area contributed by atoms with Crippen molar-refractivity contribution in [3.63, 3.8) is 0 Å². The molecular formula is C26H28N4O3. The number of carbonyl (C=O) groups is 1. The van der Waals surface area contributed by atoms with E-state index in [9.17, 15) is 10.1 Å². The van der Waals surface area contributed by atoms with Gasteiger partial charge in [-0.2, -0.15) is 10.4 Å². The number of para-hydroxylation sites is 1. The van der Waals surface area contributed by atoms with E-state index < -0.39 is 5.91 Å². The summed E-state index contributed by atoms with van der Waals surface area (Å²) in [6, 6.07) is 19.3. The molecule has 3 aromatic rings. The van der Waals surface area contributed by atoms with Gasteiger partial charge in [-0.25, -0.2) is 4.68 Å². The van der Waals surface area contributed by atoms with Gasteiger partial charge >= 0.3 is 0 Å². The van der Waals surface area contributed by atoms with Crippen LogP contribution in [-0.2, 0) is 9.53 Å². The first-order valence-corrected chi connectivity index (χ1v) is 10.9. The fourth-order valence-corrected chi connectivity index (χ4v) is 3.18. The molecule has 7 nitrogen and oxygen atoms in total. The second-order valence-corrected chi connectivity index (χ2v) is 7.36. The van der Waals surface area contributed by atoms with E-state index in [4.69, 9.17) is 14.6 Å². The molecule has 0 saturated heterocycles. The summed E-state index contributed by atoms with van der Waals surface area (Å²) >= 11 is 0. The maximum absolute atomic E-state index is 12.5. The van der Waals surface area contributed by atoms with Gasteiger partial charge in [-0.05, 0) is 55.3 Å². The van der Waals surface area contributed by atoms with E-state index >= 15 is 0 Å². The molecule has 1 N–H and O–H groups in total. The van der Waals surface area contributed by atoms with Crippen molar-refractivity contribution < 1.29 is 14.3 Å². The zero-order chi connectivity index (χ0) is 23.5. The molecule has 2 aromatic carbocycles. The van der Waals surface area contributed by atoms with Crippen molar-refractivity contribution in [2.24, 2.45) is 0 Å².